The highest BCUT2D eigenvalue weighted by Crippen LogP contribution is 2.29. The van der Waals surface area contributed by atoms with Crippen LogP contribution in [0.4, 0.5) is 16.2 Å². The van der Waals surface area contributed by atoms with Crippen molar-refractivity contribution >= 4 is 35.3 Å². The van der Waals surface area contributed by atoms with Gasteiger partial charge in [-0.05, 0) is 46.2 Å². The first-order valence-corrected chi connectivity index (χ1v) is 9.43. The molecule has 0 aliphatic carbocycles. The fourth-order valence-electron chi connectivity index (χ4n) is 2.69. The van der Waals surface area contributed by atoms with Crippen LogP contribution >= 0.6 is 0 Å². The normalized spacial score (nSPS) is 14.3. The zero-order valence-electron chi connectivity index (χ0n) is 17.1. The number of carbonyl (C=O) groups excluding carboxylic acids is 4. The van der Waals surface area contributed by atoms with E-state index >= 15 is 0 Å². The molecule has 1 aromatic carbocycles. The van der Waals surface area contributed by atoms with Gasteiger partial charge in [-0.25, -0.2) is 4.79 Å². The molecule has 0 radical (unpaired) electrons. The summed E-state index contributed by atoms with van der Waals surface area (Å²) in [6.45, 7) is 6.84. The molecule has 1 aliphatic heterocycles. The van der Waals surface area contributed by atoms with E-state index in [1.165, 1.54) is 11.8 Å². The Labute approximate surface area is 169 Å². The zero-order chi connectivity index (χ0) is 21.6. The van der Waals surface area contributed by atoms with Gasteiger partial charge in [0.05, 0.1) is 11.4 Å². The highest BCUT2D eigenvalue weighted by Gasteiger charge is 2.31. The quantitative estimate of drug-likeness (QED) is 0.554. The van der Waals surface area contributed by atoms with Crippen LogP contribution in [0.25, 0.3) is 0 Å². The highest BCUT2D eigenvalue weighted by atomic mass is 16.6. The van der Waals surface area contributed by atoms with Crippen LogP contribution in [-0.4, -0.2) is 48.7 Å². The second-order valence-corrected chi connectivity index (χ2v) is 7.65. The summed E-state index contributed by atoms with van der Waals surface area (Å²) in [6, 6.07) is 6.91. The number of amides is 3. The van der Waals surface area contributed by atoms with Gasteiger partial charge < -0.3 is 20.1 Å². The van der Waals surface area contributed by atoms with Gasteiger partial charge in [0.15, 0.2) is 6.10 Å². The van der Waals surface area contributed by atoms with Gasteiger partial charge in [-0.1, -0.05) is 12.1 Å². The van der Waals surface area contributed by atoms with E-state index in [1.54, 1.807) is 45.0 Å². The lowest BCUT2D eigenvalue weighted by atomic mass is 10.1. The van der Waals surface area contributed by atoms with E-state index in [1.807, 2.05) is 0 Å². The van der Waals surface area contributed by atoms with E-state index in [-0.39, 0.29) is 25.4 Å². The summed E-state index contributed by atoms with van der Waals surface area (Å²) in [7, 11) is 0. The minimum atomic E-state index is -1.04. The van der Waals surface area contributed by atoms with Crippen LogP contribution in [0.3, 0.4) is 0 Å². The number of esters is 1. The Kier molecular flexibility index (Phi) is 7.19. The van der Waals surface area contributed by atoms with Gasteiger partial charge in [-0.2, -0.15) is 0 Å². The maximum Gasteiger partial charge on any atom is 0.407 e. The predicted octanol–water partition coefficient (Wildman–Crippen LogP) is 2.21. The summed E-state index contributed by atoms with van der Waals surface area (Å²) in [5.74, 6) is -1.36. The highest BCUT2D eigenvalue weighted by molar-refractivity contribution is 6.11. The number of alkyl carbamates (subject to hydrolysis) is 1. The number of nitrogens with one attached hydrogen (secondary N) is 2. The van der Waals surface area contributed by atoms with Gasteiger partial charge in [0.1, 0.15) is 12.1 Å². The Morgan fingerprint density at radius 1 is 1.24 bits per heavy atom. The number of carbonyl (C=O) groups is 4. The van der Waals surface area contributed by atoms with E-state index < -0.39 is 29.7 Å². The fourth-order valence-corrected chi connectivity index (χ4v) is 2.69. The molecule has 2 N–H and O–H groups in total. The third-order valence-corrected chi connectivity index (χ3v) is 3.92. The van der Waals surface area contributed by atoms with Crippen LogP contribution in [0.5, 0.6) is 0 Å². The number of hydrogen-bond acceptors (Lipinski definition) is 6. The van der Waals surface area contributed by atoms with Crippen molar-refractivity contribution in [3.8, 4) is 0 Å². The van der Waals surface area contributed by atoms with E-state index in [0.29, 0.717) is 17.8 Å². The van der Waals surface area contributed by atoms with Crippen molar-refractivity contribution in [3.05, 3.63) is 24.3 Å². The maximum absolute atomic E-state index is 12.7. The first kappa shape index (κ1) is 22.2. The van der Waals surface area contributed by atoms with Gasteiger partial charge >= 0.3 is 12.1 Å². The zero-order valence-corrected chi connectivity index (χ0v) is 17.1. The van der Waals surface area contributed by atoms with Crippen molar-refractivity contribution in [1.82, 2.24) is 5.32 Å². The van der Waals surface area contributed by atoms with Crippen LogP contribution < -0.4 is 15.5 Å². The molecule has 0 saturated carbocycles. The average Bonchev–Trinajstić information content (AvgIpc) is 2.62. The minimum Gasteiger partial charge on any atom is -0.453 e. The molecular formula is C20H27N3O6. The molecule has 1 aromatic rings. The number of anilines is 2. The molecule has 2 rings (SSSR count). The van der Waals surface area contributed by atoms with Crippen molar-refractivity contribution in [3.63, 3.8) is 0 Å². The fraction of sp³-hybridized carbons (Fsp3) is 0.500. The molecule has 0 unspecified atom stereocenters. The number of hydrogen-bond donors (Lipinski definition) is 2. The Bertz CT molecular complexity index is 787. The van der Waals surface area contributed by atoms with Crippen molar-refractivity contribution < 1.29 is 28.7 Å². The van der Waals surface area contributed by atoms with Gasteiger partial charge in [0.2, 0.25) is 5.91 Å². The van der Waals surface area contributed by atoms with Crippen molar-refractivity contribution in [2.45, 2.75) is 52.2 Å². The summed E-state index contributed by atoms with van der Waals surface area (Å²) in [5.41, 5.74) is 0.494. The number of para-hydroxylation sites is 2. The summed E-state index contributed by atoms with van der Waals surface area (Å²) in [4.78, 5) is 49.4. The van der Waals surface area contributed by atoms with Crippen LogP contribution in [0.2, 0.25) is 0 Å². The third-order valence-electron chi connectivity index (χ3n) is 3.92. The molecule has 1 heterocycles. The molecule has 0 aromatic heterocycles. The first-order chi connectivity index (χ1) is 13.6. The molecule has 29 heavy (non-hydrogen) atoms. The molecule has 0 bridgehead atoms. The second-order valence-electron chi connectivity index (χ2n) is 7.65. The van der Waals surface area contributed by atoms with E-state index in [4.69, 9.17) is 9.47 Å². The predicted molar refractivity (Wildman–Crippen MR) is 106 cm³/mol. The summed E-state index contributed by atoms with van der Waals surface area (Å²) < 4.78 is 10.3. The lowest BCUT2D eigenvalue weighted by Crippen LogP contribution is -2.47. The van der Waals surface area contributed by atoms with Crippen LogP contribution in [-0.2, 0) is 23.9 Å². The Hall–Kier alpha value is -3.10. The number of fused-ring (bicyclic) bond motifs is 1. The first-order valence-electron chi connectivity index (χ1n) is 9.43. The van der Waals surface area contributed by atoms with Crippen LogP contribution in [0, 0.1) is 0 Å². The number of rotatable bonds is 6. The van der Waals surface area contributed by atoms with Gasteiger partial charge in [0, 0.05) is 13.0 Å². The SMILES string of the molecule is C[C@@H](OC(=O)CCCNC(=O)OC(C)(C)C)C(=O)N1CC(=O)Nc2ccccc21. The number of benzene rings is 1. The summed E-state index contributed by atoms with van der Waals surface area (Å²) in [5, 5.41) is 5.25. The second kappa shape index (κ2) is 9.40. The third kappa shape index (κ3) is 6.78. The minimum absolute atomic E-state index is 0.0322. The molecule has 1 atom stereocenters. The van der Waals surface area contributed by atoms with E-state index in [9.17, 15) is 19.2 Å². The molecule has 158 valence electrons. The molecular weight excluding hydrogens is 378 g/mol. The van der Waals surface area contributed by atoms with E-state index in [0.717, 1.165) is 0 Å². The monoisotopic (exact) mass is 405 g/mol. The Balaban J connectivity index is 1.80. The summed E-state index contributed by atoms with van der Waals surface area (Å²) in [6.07, 6.45) is -1.23. The molecule has 3 amide bonds. The standard InChI is InChI=1S/C20H27N3O6/c1-13(28-17(25)10-7-11-21-19(27)29-20(2,3)4)18(26)23-12-16(24)22-14-8-5-6-9-15(14)23/h5-6,8-9,13H,7,10-12H2,1-4H3,(H,21,27)(H,22,24)/t13-/m1/s1. The summed E-state index contributed by atoms with van der Waals surface area (Å²) >= 11 is 0. The molecule has 0 saturated heterocycles. The van der Waals surface area contributed by atoms with Crippen molar-refractivity contribution in [1.29, 1.82) is 0 Å². The largest absolute Gasteiger partial charge is 0.453 e. The van der Waals surface area contributed by atoms with Crippen LogP contribution in [0.15, 0.2) is 24.3 Å². The Morgan fingerprint density at radius 2 is 1.93 bits per heavy atom. The van der Waals surface area contributed by atoms with Crippen molar-refractivity contribution in [2.24, 2.45) is 0 Å². The van der Waals surface area contributed by atoms with Gasteiger partial charge in [-0.3, -0.25) is 19.3 Å². The molecule has 0 spiro atoms. The topological polar surface area (TPSA) is 114 Å². The Morgan fingerprint density at radius 3 is 2.62 bits per heavy atom. The van der Waals surface area contributed by atoms with Crippen molar-refractivity contribution in [2.75, 3.05) is 23.3 Å². The van der Waals surface area contributed by atoms with Crippen LogP contribution in [0.1, 0.15) is 40.5 Å². The number of ether oxygens (including phenoxy) is 2. The average molecular weight is 405 g/mol. The molecule has 0 fully saturated rings. The molecule has 9 nitrogen and oxygen atoms in total. The smallest absolute Gasteiger partial charge is 0.407 e. The number of nitrogens with zero attached hydrogens (tertiary/aromatic N) is 1. The lowest BCUT2D eigenvalue weighted by molar-refractivity contribution is -0.154. The lowest BCUT2D eigenvalue weighted by Gasteiger charge is -2.30. The van der Waals surface area contributed by atoms with E-state index in [2.05, 4.69) is 10.6 Å². The van der Waals surface area contributed by atoms with Gasteiger partial charge in [0.25, 0.3) is 5.91 Å². The van der Waals surface area contributed by atoms with Gasteiger partial charge in [-0.15, -0.1) is 0 Å². The molecule has 1 aliphatic rings. The maximum atomic E-state index is 12.7. The molecule has 9 heteroatoms.